The summed E-state index contributed by atoms with van der Waals surface area (Å²) in [6.45, 7) is 5.98. The number of sulfonamides is 2. The van der Waals surface area contributed by atoms with Gasteiger partial charge in [-0.2, -0.15) is 8.61 Å². The maximum Gasteiger partial charge on any atom is 0.235 e. The molecule has 0 bridgehead atoms. The van der Waals surface area contributed by atoms with Crippen molar-refractivity contribution in [2.24, 2.45) is 0 Å². The Morgan fingerprint density at radius 3 is 1.52 bits per heavy atom. The summed E-state index contributed by atoms with van der Waals surface area (Å²) in [7, 11) is -6.42. The fourth-order valence-electron chi connectivity index (χ4n) is 5.22. The largest absolute Gasteiger partial charge is 0.381 e. The predicted octanol–water partition coefficient (Wildman–Crippen LogP) is 2.97. The van der Waals surface area contributed by atoms with E-state index in [9.17, 15) is 21.6 Å². The molecule has 267 valence electrons. The smallest absolute Gasteiger partial charge is 0.235 e. The van der Waals surface area contributed by atoms with Crippen molar-refractivity contribution in [1.82, 2.24) is 19.2 Å². The second-order valence-electron chi connectivity index (χ2n) is 11.9. The Morgan fingerprint density at radius 1 is 0.708 bits per heavy atom. The number of hydrogen-bond acceptors (Lipinski definition) is 8. The van der Waals surface area contributed by atoms with Crippen LogP contribution in [0.5, 0.6) is 0 Å². The molecular weight excluding hydrogens is 698 g/mol. The fourth-order valence-corrected chi connectivity index (χ4v) is 7.15. The highest BCUT2D eigenvalue weighted by molar-refractivity contribution is 7.88. The lowest BCUT2D eigenvalue weighted by atomic mass is 10.0. The van der Waals surface area contributed by atoms with E-state index >= 15 is 0 Å². The van der Waals surface area contributed by atoms with E-state index in [1.807, 2.05) is 36.4 Å². The Labute approximate surface area is 298 Å². The third-order valence-electron chi connectivity index (χ3n) is 7.71. The standard InChI is InChI=1S/C12H15ClN2O3S.C12H17ClN2O2S.2C4H8O.B/c1-19(17,18)15-7-11(14-12(16)8-15)6-9-2-4-10(13)5-3-9;1-18(16,17)15-7-6-14-12(9-15)8-10-2-4-11(13)5-3-10;2*1-2-4-5-3-1;/h2-5,11H,6-8H2,1H3,(H,14,16);2-5,12,14H,6-9H2,1H3;2*1-4H2;. The lowest BCUT2D eigenvalue weighted by molar-refractivity contribution is -0.123. The molecule has 2 aromatic carbocycles. The van der Waals surface area contributed by atoms with E-state index in [1.165, 1.54) is 40.5 Å². The molecule has 4 fully saturated rings. The highest BCUT2D eigenvalue weighted by Gasteiger charge is 2.30. The summed E-state index contributed by atoms with van der Waals surface area (Å²) in [5, 5.41) is 7.51. The molecule has 2 unspecified atom stereocenters. The highest BCUT2D eigenvalue weighted by atomic mass is 35.5. The Morgan fingerprint density at radius 2 is 1.12 bits per heavy atom. The van der Waals surface area contributed by atoms with Gasteiger partial charge >= 0.3 is 0 Å². The number of rotatable bonds is 6. The monoisotopic (exact) mass is 745 g/mol. The molecule has 2 aromatic rings. The Bertz CT molecular complexity index is 1420. The number of ether oxygens (including phenoxy) is 2. The molecular formula is C32H48BCl2N4O7S2. The highest BCUT2D eigenvalue weighted by Crippen LogP contribution is 2.15. The lowest BCUT2D eigenvalue weighted by Gasteiger charge is -2.32. The summed E-state index contributed by atoms with van der Waals surface area (Å²) in [6, 6.07) is 14.9. The molecule has 0 aromatic heterocycles. The zero-order chi connectivity index (χ0) is 34.3. The van der Waals surface area contributed by atoms with E-state index < -0.39 is 20.0 Å². The van der Waals surface area contributed by atoms with Gasteiger partial charge in [-0.1, -0.05) is 47.5 Å². The van der Waals surface area contributed by atoms with Crippen molar-refractivity contribution in [3.8, 4) is 0 Å². The molecule has 48 heavy (non-hydrogen) atoms. The third kappa shape index (κ3) is 16.8. The molecule has 4 saturated heterocycles. The Balaban J connectivity index is 0.000000254. The first kappa shape index (κ1) is 42.4. The molecule has 4 aliphatic rings. The van der Waals surface area contributed by atoms with Gasteiger partial charge in [0.1, 0.15) is 0 Å². The van der Waals surface area contributed by atoms with E-state index in [2.05, 4.69) is 10.6 Å². The first-order valence-electron chi connectivity index (χ1n) is 15.9. The first-order chi connectivity index (χ1) is 22.3. The quantitative estimate of drug-likeness (QED) is 0.432. The van der Waals surface area contributed by atoms with Gasteiger partial charge in [0.05, 0.1) is 19.1 Å². The lowest BCUT2D eigenvalue weighted by Crippen LogP contribution is -2.56. The van der Waals surface area contributed by atoms with Crippen LogP contribution < -0.4 is 10.6 Å². The number of hydrogen-bond donors (Lipinski definition) is 2. The molecule has 2 N–H and O–H groups in total. The number of nitrogens with one attached hydrogen (secondary N) is 2. The molecule has 4 heterocycles. The molecule has 11 nitrogen and oxygen atoms in total. The molecule has 0 aliphatic carbocycles. The average molecular weight is 747 g/mol. The SMILES string of the molecule is C1CCOC1.C1CCOC1.CS(=O)(=O)N1CC(=O)NC(Cc2ccc(Cl)cc2)C1.CS(=O)(=O)N1CCNC(Cc2ccc(Cl)cc2)C1.[B]. The minimum absolute atomic E-state index is 0. The molecule has 0 spiro atoms. The average Bonchev–Trinajstić information content (AvgIpc) is 3.79. The van der Waals surface area contributed by atoms with Crippen LogP contribution in [0.1, 0.15) is 36.8 Å². The Kier molecular flexibility index (Phi) is 19.0. The second-order valence-corrected chi connectivity index (χ2v) is 16.7. The maximum absolute atomic E-state index is 11.5. The number of carbonyl (C=O) groups is 1. The van der Waals surface area contributed by atoms with Gasteiger partial charge in [0, 0.05) is 83.1 Å². The van der Waals surface area contributed by atoms with Crippen LogP contribution in [0, 0.1) is 0 Å². The van der Waals surface area contributed by atoms with Crippen molar-refractivity contribution in [3.05, 3.63) is 69.7 Å². The van der Waals surface area contributed by atoms with Crippen molar-refractivity contribution in [2.45, 2.75) is 50.6 Å². The van der Waals surface area contributed by atoms with Crippen LogP contribution in [0.4, 0.5) is 0 Å². The van der Waals surface area contributed by atoms with Crippen LogP contribution in [0.2, 0.25) is 10.0 Å². The summed E-state index contributed by atoms with van der Waals surface area (Å²) in [5.41, 5.74) is 2.16. The van der Waals surface area contributed by atoms with Gasteiger partial charge < -0.3 is 20.1 Å². The summed E-state index contributed by atoms with van der Waals surface area (Å²) >= 11 is 11.6. The van der Waals surface area contributed by atoms with E-state index in [4.69, 9.17) is 32.7 Å². The first-order valence-corrected chi connectivity index (χ1v) is 20.3. The number of benzene rings is 2. The van der Waals surface area contributed by atoms with Gasteiger partial charge in [-0.05, 0) is 73.9 Å². The van der Waals surface area contributed by atoms with Gasteiger partial charge in [-0.25, -0.2) is 16.8 Å². The minimum Gasteiger partial charge on any atom is -0.381 e. The van der Waals surface area contributed by atoms with Crippen molar-refractivity contribution >= 4 is 57.6 Å². The van der Waals surface area contributed by atoms with Gasteiger partial charge in [-0.3, -0.25) is 4.79 Å². The van der Waals surface area contributed by atoms with Gasteiger partial charge in [0.25, 0.3) is 0 Å². The topological polar surface area (TPSA) is 134 Å². The summed E-state index contributed by atoms with van der Waals surface area (Å²) in [4.78, 5) is 11.5. The fraction of sp³-hybridized carbons (Fsp3) is 0.594. The Hall–Kier alpha value is -1.75. The van der Waals surface area contributed by atoms with Crippen LogP contribution in [0.3, 0.4) is 0 Å². The molecule has 4 aliphatic heterocycles. The summed E-state index contributed by atoms with van der Waals surface area (Å²) in [5.74, 6) is -0.268. The van der Waals surface area contributed by atoms with Crippen molar-refractivity contribution in [3.63, 3.8) is 0 Å². The number of halogens is 2. The maximum atomic E-state index is 11.5. The van der Waals surface area contributed by atoms with Crippen LogP contribution in [-0.4, -0.2) is 124 Å². The van der Waals surface area contributed by atoms with E-state index in [-0.39, 0.29) is 32.9 Å². The van der Waals surface area contributed by atoms with Crippen molar-refractivity contribution in [1.29, 1.82) is 0 Å². The molecule has 2 atom stereocenters. The molecule has 16 heteroatoms. The molecule has 3 radical (unpaired) electrons. The summed E-state index contributed by atoms with van der Waals surface area (Å²) in [6.07, 6.45) is 8.88. The molecule has 6 rings (SSSR count). The normalized spacial score (nSPS) is 21.6. The number of piperazine rings is 2. The van der Waals surface area contributed by atoms with Crippen LogP contribution in [0.15, 0.2) is 48.5 Å². The van der Waals surface area contributed by atoms with E-state index in [1.54, 1.807) is 12.1 Å². The predicted molar refractivity (Wildman–Crippen MR) is 193 cm³/mol. The van der Waals surface area contributed by atoms with Gasteiger partial charge in [0.15, 0.2) is 0 Å². The zero-order valence-electron chi connectivity index (χ0n) is 27.8. The summed E-state index contributed by atoms with van der Waals surface area (Å²) < 4.78 is 58.6. The second kappa shape index (κ2) is 21.5. The third-order valence-corrected chi connectivity index (χ3v) is 10.7. The van der Waals surface area contributed by atoms with Crippen LogP contribution >= 0.6 is 23.2 Å². The van der Waals surface area contributed by atoms with Crippen LogP contribution in [-0.2, 0) is 47.2 Å². The number of nitrogens with zero attached hydrogens (tertiary/aromatic N) is 2. The van der Waals surface area contributed by atoms with Crippen molar-refractivity contribution < 1.29 is 31.1 Å². The van der Waals surface area contributed by atoms with E-state index in [0.717, 1.165) is 50.2 Å². The number of amides is 1. The van der Waals surface area contributed by atoms with Crippen molar-refractivity contribution in [2.75, 3.05) is 71.7 Å². The van der Waals surface area contributed by atoms with Crippen LogP contribution in [0.25, 0.3) is 0 Å². The number of carbonyl (C=O) groups excluding carboxylic acids is 1. The van der Waals surface area contributed by atoms with E-state index in [0.29, 0.717) is 42.6 Å². The minimum atomic E-state index is -3.34. The zero-order valence-corrected chi connectivity index (χ0v) is 30.9. The molecule has 1 amide bonds. The van der Waals surface area contributed by atoms with Gasteiger partial charge in [-0.15, -0.1) is 0 Å². The van der Waals surface area contributed by atoms with Gasteiger partial charge in [0.2, 0.25) is 26.0 Å². The molecule has 0 saturated carbocycles.